The number of rotatable bonds is 12. The SMILES string of the molecule is CC(C)(C)OC(=O)CNCc1ccc(CNc2c(Cl)cc(C(=O)NC(Cc3ccccc3)C(=O)O)c(O)c2Cl)cc1. The van der Waals surface area contributed by atoms with Crippen molar-refractivity contribution in [2.45, 2.75) is 51.9 Å². The van der Waals surface area contributed by atoms with Crippen LogP contribution in [0.3, 0.4) is 0 Å². The number of esters is 1. The van der Waals surface area contributed by atoms with Gasteiger partial charge in [0.05, 0.1) is 22.8 Å². The number of aliphatic carboxylic acids is 1. The van der Waals surface area contributed by atoms with Crippen LogP contribution in [0.15, 0.2) is 60.7 Å². The number of carboxylic acids is 1. The highest BCUT2D eigenvalue weighted by atomic mass is 35.5. The molecule has 1 atom stereocenters. The third-order valence-electron chi connectivity index (χ3n) is 5.83. The third kappa shape index (κ3) is 9.67. The quantitative estimate of drug-likeness (QED) is 0.179. The van der Waals surface area contributed by atoms with Gasteiger partial charge in [-0.3, -0.25) is 9.59 Å². The Bertz CT molecular complexity index is 1380. The molecule has 1 unspecified atom stereocenters. The Kier molecular flexibility index (Phi) is 11.0. The fraction of sp³-hybridized carbons (Fsp3) is 0.300. The van der Waals surface area contributed by atoms with Crippen LogP contribution in [0.1, 0.15) is 47.8 Å². The van der Waals surface area contributed by atoms with E-state index >= 15 is 0 Å². The van der Waals surface area contributed by atoms with Crippen molar-refractivity contribution in [3.8, 4) is 5.75 Å². The van der Waals surface area contributed by atoms with Crippen molar-refractivity contribution < 1.29 is 29.3 Å². The summed E-state index contributed by atoms with van der Waals surface area (Å²) >= 11 is 12.7. The van der Waals surface area contributed by atoms with Crippen LogP contribution in [0.25, 0.3) is 0 Å². The van der Waals surface area contributed by atoms with Gasteiger partial charge in [0.15, 0.2) is 0 Å². The van der Waals surface area contributed by atoms with Gasteiger partial charge in [-0.05, 0) is 43.5 Å². The maximum atomic E-state index is 12.9. The molecular formula is C30H33Cl2N3O6. The number of phenolic OH excluding ortho intramolecular Hbond substituents is 1. The van der Waals surface area contributed by atoms with E-state index in [1.807, 2.05) is 45.0 Å². The van der Waals surface area contributed by atoms with E-state index in [9.17, 15) is 24.6 Å². The number of hydrogen-bond acceptors (Lipinski definition) is 7. The van der Waals surface area contributed by atoms with E-state index < -0.39 is 29.3 Å². The van der Waals surface area contributed by atoms with Gasteiger partial charge < -0.3 is 30.9 Å². The number of phenols is 1. The van der Waals surface area contributed by atoms with Crippen molar-refractivity contribution in [1.82, 2.24) is 10.6 Å². The highest BCUT2D eigenvalue weighted by Crippen LogP contribution is 2.40. The van der Waals surface area contributed by atoms with E-state index in [-0.39, 0.29) is 40.2 Å². The molecule has 3 aromatic rings. The normalized spacial score (nSPS) is 11.9. The lowest BCUT2D eigenvalue weighted by molar-refractivity contribution is -0.153. The molecule has 0 saturated carbocycles. The Morgan fingerprint density at radius 2 is 1.54 bits per heavy atom. The molecule has 9 nitrogen and oxygen atoms in total. The first-order valence-electron chi connectivity index (χ1n) is 12.9. The molecule has 0 saturated heterocycles. The van der Waals surface area contributed by atoms with Crippen LogP contribution >= 0.6 is 23.2 Å². The van der Waals surface area contributed by atoms with E-state index in [2.05, 4.69) is 16.0 Å². The van der Waals surface area contributed by atoms with E-state index in [0.717, 1.165) is 16.7 Å². The molecule has 0 aliphatic heterocycles. The van der Waals surface area contributed by atoms with Gasteiger partial charge in [0.2, 0.25) is 0 Å². The molecule has 0 aliphatic carbocycles. The molecule has 1 amide bonds. The Balaban J connectivity index is 1.60. The Morgan fingerprint density at radius 3 is 2.12 bits per heavy atom. The number of carbonyl (C=O) groups excluding carboxylic acids is 2. The van der Waals surface area contributed by atoms with Crippen LogP contribution in [-0.2, 0) is 33.8 Å². The number of anilines is 1. The number of carbonyl (C=O) groups is 3. The highest BCUT2D eigenvalue weighted by molar-refractivity contribution is 6.40. The van der Waals surface area contributed by atoms with Crippen molar-refractivity contribution in [3.05, 3.63) is 93.0 Å². The van der Waals surface area contributed by atoms with Gasteiger partial charge in [-0.25, -0.2) is 4.79 Å². The highest BCUT2D eigenvalue weighted by Gasteiger charge is 2.25. The van der Waals surface area contributed by atoms with Crippen LogP contribution in [-0.4, -0.2) is 46.2 Å². The number of carboxylic acid groups (broad SMARTS) is 1. The minimum atomic E-state index is -1.23. The predicted octanol–water partition coefficient (Wildman–Crippen LogP) is 5.17. The smallest absolute Gasteiger partial charge is 0.326 e. The van der Waals surface area contributed by atoms with Gasteiger partial charge in [-0.15, -0.1) is 0 Å². The van der Waals surface area contributed by atoms with Crippen LogP contribution in [0, 0.1) is 0 Å². The molecule has 3 aromatic carbocycles. The maximum Gasteiger partial charge on any atom is 0.326 e. The van der Waals surface area contributed by atoms with Gasteiger partial charge in [-0.2, -0.15) is 0 Å². The van der Waals surface area contributed by atoms with Crippen LogP contribution in [0.5, 0.6) is 5.75 Å². The summed E-state index contributed by atoms with van der Waals surface area (Å²) in [6, 6.07) is 16.5. The van der Waals surface area contributed by atoms with Crippen LogP contribution in [0.2, 0.25) is 10.0 Å². The number of hydrogen-bond donors (Lipinski definition) is 5. The summed E-state index contributed by atoms with van der Waals surface area (Å²) in [7, 11) is 0. The first-order valence-corrected chi connectivity index (χ1v) is 13.6. The summed E-state index contributed by atoms with van der Waals surface area (Å²) in [5.41, 5.74) is 2.03. The van der Waals surface area contributed by atoms with Gasteiger partial charge in [-0.1, -0.05) is 77.8 Å². The van der Waals surface area contributed by atoms with Crippen molar-refractivity contribution in [1.29, 1.82) is 0 Å². The summed E-state index contributed by atoms with van der Waals surface area (Å²) in [5, 5.41) is 28.7. The lowest BCUT2D eigenvalue weighted by Gasteiger charge is -2.19. The number of amides is 1. The second-order valence-corrected chi connectivity index (χ2v) is 11.1. The first kappa shape index (κ1) is 31.7. The fourth-order valence-corrected chi connectivity index (χ4v) is 4.47. The number of halogens is 2. The molecule has 5 N–H and O–H groups in total. The zero-order chi connectivity index (χ0) is 30.2. The summed E-state index contributed by atoms with van der Waals surface area (Å²) in [6.45, 7) is 6.34. The minimum absolute atomic E-state index is 0.0579. The van der Waals surface area contributed by atoms with E-state index in [1.54, 1.807) is 30.3 Å². The molecule has 3 rings (SSSR count). The van der Waals surface area contributed by atoms with Crippen LogP contribution < -0.4 is 16.0 Å². The molecule has 0 bridgehead atoms. The molecule has 41 heavy (non-hydrogen) atoms. The largest absolute Gasteiger partial charge is 0.505 e. The lowest BCUT2D eigenvalue weighted by atomic mass is 10.1. The van der Waals surface area contributed by atoms with Crippen molar-refractivity contribution in [2.24, 2.45) is 0 Å². The molecule has 0 aromatic heterocycles. The molecule has 11 heteroatoms. The summed E-state index contributed by atoms with van der Waals surface area (Å²) in [4.78, 5) is 36.4. The number of nitrogens with one attached hydrogen (secondary N) is 3. The molecule has 0 aliphatic rings. The Labute approximate surface area is 248 Å². The van der Waals surface area contributed by atoms with Gasteiger partial charge in [0, 0.05) is 19.5 Å². The van der Waals surface area contributed by atoms with Crippen LogP contribution in [0.4, 0.5) is 5.69 Å². The Hall–Kier alpha value is -3.79. The topological polar surface area (TPSA) is 137 Å². The van der Waals surface area contributed by atoms with Crippen molar-refractivity contribution in [3.63, 3.8) is 0 Å². The summed E-state index contributed by atoms with van der Waals surface area (Å²) in [6.07, 6.45) is 0.0579. The Morgan fingerprint density at radius 1 is 0.927 bits per heavy atom. The molecule has 0 spiro atoms. The van der Waals surface area contributed by atoms with Gasteiger partial charge in [0.1, 0.15) is 22.4 Å². The lowest BCUT2D eigenvalue weighted by Crippen LogP contribution is -2.42. The number of aromatic hydroxyl groups is 1. The number of benzene rings is 3. The zero-order valence-corrected chi connectivity index (χ0v) is 24.5. The van der Waals surface area contributed by atoms with Crippen molar-refractivity contribution >= 4 is 46.7 Å². The van der Waals surface area contributed by atoms with Gasteiger partial charge >= 0.3 is 11.9 Å². The van der Waals surface area contributed by atoms with E-state index in [4.69, 9.17) is 27.9 Å². The molecular weight excluding hydrogens is 569 g/mol. The standard InChI is InChI=1S/C30H33Cl2N3O6/c1-30(2,3)41-24(36)17-33-15-19-9-11-20(12-10-19)16-34-26-22(31)14-21(27(37)25(26)32)28(38)35-23(29(39)40)13-18-7-5-4-6-8-18/h4-12,14,23,33-34,37H,13,15-17H2,1-3H3,(H,35,38)(H,39,40). The average Bonchev–Trinajstić information content (AvgIpc) is 2.90. The van der Waals surface area contributed by atoms with E-state index in [0.29, 0.717) is 13.1 Å². The maximum absolute atomic E-state index is 12.9. The monoisotopic (exact) mass is 601 g/mol. The van der Waals surface area contributed by atoms with Crippen molar-refractivity contribution in [2.75, 3.05) is 11.9 Å². The second kappa shape index (κ2) is 14.2. The molecule has 0 radical (unpaired) electrons. The minimum Gasteiger partial charge on any atom is -0.505 e. The first-order chi connectivity index (χ1) is 19.3. The molecule has 218 valence electrons. The van der Waals surface area contributed by atoms with E-state index in [1.165, 1.54) is 6.07 Å². The predicted molar refractivity (Wildman–Crippen MR) is 158 cm³/mol. The average molecular weight is 603 g/mol. The third-order valence-corrected chi connectivity index (χ3v) is 6.50. The second-order valence-electron chi connectivity index (χ2n) is 10.4. The molecule has 0 heterocycles. The zero-order valence-electron chi connectivity index (χ0n) is 23.0. The fourth-order valence-electron chi connectivity index (χ4n) is 3.88. The summed E-state index contributed by atoms with van der Waals surface area (Å²) < 4.78 is 5.27. The number of ether oxygens (including phenoxy) is 1. The summed E-state index contributed by atoms with van der Waals surface area (Å²) in [5.74, 6) is -2.89. The molecule has 0 fully saturated rings. The van der Waals surface area contributed by atoms with Gasteiger partial charge in [0.25, 0.3) is 5.91 Å².